The maximum Gasteiger partial charge on any atom is 0.267 e. The molecule has 0 amide bonds. The van der Waals surface area contributed by atoms with E-state index in [0.29, 0.717) is 27.5 Å². The molecule has 2 N–H and O–H groups in total. The monoisotopic (exact) mass is 327 g/mol. The van der Waals surface area contributed by atoms with Crippen molar-refractivity contribution >= 4 is 23.2 Å². The fraction of sp³-hybridized carbons (Fsp3) is 0.429. The van der Waals surface area contributed by atoms with E-state index in [2.05, 4.69) is 10.1 Å². The van der Waals surface area contributed by atoms with Gasteiger partial charge < -0.3 is 15.0 Å². The fourth-order valence-corrected chi connectivity index (χ4v) is 2.48. The minimum atomic E-state index is -0.439. The summed E-state index contributed by atoms with van der Waals surface area (Å²) in [5, 5.41) is 4.88. The second kappa shape index (κ2) is 5.48. The lowest BCUT2D eigenvalue weighted by Crippen LogP contribution is -2.44. The molecule has 2 aromatic rings. The van der Waals surface area contributed by atoms with Gasteiger partial charge in [-0.2, -0.15) is 4.98 Å². The molecule has 1 aliphatic carbocycles. The van der Waals surface area contributed by atoms with Gasteiger partial charge in [-0.1, -0.05) is 28.4 Å². The summed E-state index contributed by atoms with van der Waals surface area (Å²) >= 11 is 11.8. The number of ether oxygens (including phenoxy) is 1. The van der Waals surface area contributed by atoms with Crippen molar-refractivity contribution in [3.8, 4) is 5.75 Å². The Kier molecular flexibility index (Phi) is 3.82. The van der Waals surface area contributed by atoms with E-state index < -0.39 is 11.6 Å². The Morgan fingerprint density at radius 3 is 2.71 bits per heavy atom. The van der Waals surface area contributed by atoms with Gasteiger partial charge in [0, 0.05) is 6.07 Å². The third-order valence-corrected chi connectivity index (χ3v) is 4.42. The van der Waals surface area contributed by atoms with Gasteiger partial charge >= 0.3 is 0 Å². The first kappa shape index (κ1) is 14.6. The smallest absolute Gasteiger partial charge is 0.267 e. The van der Waals surface area contributed by atoms with E-state index in [-0.39, 0.29) is 0 Å². The van der Waals surface area contributed by atoms with Crippen LogP contribution < -0.4 is 10.5 Å². The Morgan fingerprint density at radius 2 is 2.10 bits per heavy atom. The van der Waals surface area contributed by atoms with Crippen molar-refractivity contribution in [2.75, 3.05) is 0 Å². The molecule has 1 saturated carbocycles. The van der Waals surface area contributed by atoms with E-state index in [9.17, 15) is 0 Å². The Balaban J connectivity index is 1.73. The molecule has 1 heterocycles. The van der Waals surface area contributed by atoms with E-state index in [1.54, 1.807) is 18.2 Å². The maximum absolute atomic E-state index is 6.17. The van der Waals surface area contributed by atoms with Gasteiger partial charge in [-0.15, -0.1) is 0 Å². The molecule has 5 nitrogen and oxygen atoms in total. The van der Waals surface area contributed by atoms with Crippen LogP contribution in [0, 0.1) is 0 Å². The molecule has 7 heteroatoms. The van der Waals surface area contributed by atoms with Crippen LogP contribution in [0.3, 0.4) is 0 Å². The third-order valence-electron chi connectivity index (χ3n) is 3.68. The van der Waals surface area contributed by atoms with Crippen molar-refractivity contribution in [1.82, 2.24) is 10.1 Å². The summed E-state index contributed by atoms with van der Waals surface area (Å²) in [6.07, 6.45) is 2.46. The van der Waals surface area contributed by atoms with Crippen LogP contribution in [0.4, 0.5) is 0 Å². The SMILES string of the molecule is CC(Oc1ccc(Cl)c(Cl)c1)c1nc(C2(N)CCC2)no1. The summed E-state index contributed by atoms with van der Waals surface area (Å²) in [4.78, 5) is 4.35. The molecule has 0 spiro atoms. The molecule has 3 rings (SSSR count). The number of nitrogens with zero attached hydrogens (tertiary/aromatic N) is 2. The standard InChI is InChI=1S/C14H15Cl2N3O2/c1-8(20-9-3-4-10(15)11(16)7-9)12-18-13(19-21-12)14(17)5-2-6-14/h3-4,7-8H,2,5-6,17H2,1H3. The van der Waals surface area contributed by atoms with Crippen molar-refractivity contribution in [2.24, 2.45) is 5.73 Å². The third kappa shape index (κ3) is 2.86. The molecule has 1 fully saturated rings. The van der Waals surface area contributed by atoms with Crippen LogP contribution in [0.1, 0.15) is 44.0 Å². The molecule has 0 bridgehead atoms. The number of hydrogen-bond donors (Lipinski definition) is 1. The number of benzene rings is 1. The first-order chi connectivity index (χ1) is 9.98. The van der Waals surface area contributed by atoms with E-state index in [1.165, 1.54) is 0 Å². The van der Waals surface area contributed by atoms with Crippen LogP contribution in [0.5, 0.6) is 5.75 Å². The first-order valence-corrected chi connectivity index (χ1v) is 7.48. The zero-order valence-electron chi connectivity index (χ0n) is 11.5. The Labute approximate surface area is 132 Å². The lowest BCUT2D eigenvalue weighted by molar-refractivity contribution is 0.174. The summed E-state index contributed by atoms with van der Waals surface area (Å²) in [6, 6.07) is 5.06. The van der Waals surface area contributed by atoms with Crippen LogP contribution in [-0.2, 0) is 5.54 Å². The minimum Gasteiger partial charge on any atom is -0.481 e. The summed E-state index contributed by atoms with van der Waals surface area (Å²) in [7, 11) is 0. The zero-order valence-corrected chi connectivity index (χ0v) is 13.0. The van der Waals surface area contributed by atoms with Gasteiger partial charge in [-0.3, -0.25) is 0 Å². The van der Waals surface area contributed by atoms with Crippen LogP contribution in [0.25, 0.3) is 0 Å². The number of hydrogen-bond acceptors (Lipinski definition) is 5. The van der Waals surface area contributed by atoms with E-state index in [0.717, 1.165) is 19.3 Å². The fourth-order valence-electron chi connectivity index (χ4n) is 2.19. The molecule has 0 aliphatic heterocycles. The van der Waals surface area contributed by atoms with Crippen molar-refractivity contribution in [1.29, 1.82) is 0 Å². The number of halogens is 2. The number of nitrogens with two attached hydrogens (primary N) is 1. The normalized spacial score (nSPS) is 18.1. The highest BCUT2D eigenvalue weighted by Crippen LogP contribution is 2.37. The highest BCUT2D eigenvalue weighted by Gasteiger charge is 2.39. The van der Waals surface area contributed by atoms with E-state index in [4.69, 9.17) is 38.2 Å². The number of rotatable bonds is 4. The first-order valence-electron chi connectivity index (χ1n) is 6.73. The lowest BCUT2D eigenvalue weighted by Gasteiger charge is -2.34. The van der Waals surface area contributed by atoms with Gasteiger partial charge in [0.25, 0.3) is 5.89 Å². The topological polar surface area (TPSA) is 74.2 Å². The van der Waals surface area contributed by atoms with Gasteiger partial charge in [0.05, 0.1) is 15.6 Å². The lowest BCUT2D eigenvalue weighted by atomic mass is 9.77. The number of aromatic nitrogens is 2. The van der Waals surface area contributed by atoms with Crippen molar-refractivity contribution in [3.63, 3.8) is 0 Å². The van der Waals surface area contributed by atoms with Gasteiger partial charge in [0.15, 0.2) is 11.9 Å². The molecule has 0 saturated heterocycles. The largest absolute Gasteiger partial charge is 0.481 e. The molecular formula is C14H15Cl2N3O2. The average Bonchev–Trinajstić information content (AvgIpc) is 2.90. The molecule has 112 valence electrons. The zero-order chi connectivity index (χ0) is 15.0. The Bertz CT molecular complexity index is 655. The molecule has 1 atom stereocenters. The van der Waals surface area contributed by atoms with Crippen LogP contribution in [-0.4, -0.2) is 10.1 Å². The predicted molar refractivity (Wildman–Crippen MR) is 79.5 cm³/mol. The van der Waals surface area contributed by atoms with Gasteiger partial charge in [-0.25, -0.2) is 0 Å². The maximum atomic E-state index is 6.17. The van der Waals surface area contributed by atoms with Crippen molar-refractivity contribution < 1.29 is 9.26 Å². The van der Waals surface area contributed by atoms with Gasteiger partial charge in [0.2, 0.25) is 0 Å². The van der Waals surface area contributed by atoms with Crippen molar-refractivity contribution in [3.05, 3.63) is 40.0 Å². The highest BCUT2D eigenvalue weighted by molar-refractivity contribution is 6.42. The van der Waals surface area contributed by atoms with Crippen LogP contribution >= 0.6 is 23.2 Å². The molecule has 1 aliphatic rings. The second-order valence-electron chi connectivity index (χ2n) is 5.30. The summed E-state index contributed by atoms with van der Waals surface area (Å²) in [5.74, 6) is 1.53. The Morgan fingerprint density at radius 1 is 1.33 bits per heavy atom. The molecule has 1 aromatic carbocycles. The Hall–Kier alpha value is -1.30. The van der Waals surface area contributed by atoms with Gasteiger partial charge in [0.1, 0.15) is 5.75 Å². The second-order valence-corrected chi connectivity index (χ2v) is 6.12. The summed E-state index contributed by atoms with van der Waals surface area (Å²) in [5.41, 5.74) is 5.73. The van der Waals surface area contributed by atoms with Crippen LogP contribution in [0.15, 0.2) is 22.7 Å². The minimum absolute atomic E-state index is 0.396. The quantitative estimate of drug-likeness (QED) is 0.922. The average molecular weight is 328 g/mol. The molecule has 1 unspecified atom stereocenters. The summed E-state index contributed by atoms with van der Waals surface area (Å²) in [6.45, 7) is 1.82. The highest BCUT2D eigenvalue weighted by atomic mass is 35.5. The van der Waals surface area contributed by atoms with E-state index >= 15 is 0 Å². The van der Waals surface area contributed by atoms with Gasteiger partial charge in [-0.05, 0) is 38.3 Å². The predicted octanol–water partition coefficient (Wildman–Crippen LogP) is 3.85. The van der Waals surface area contributed by atoms with E-state index in [1.807, 2.05) is 6.92 Å². The summed E-state index contributed by atoms with van der Waals surface area (Å²) < 4.78 is 11.0. The molecule has 1 aromatic heterocycles. The molecular weight excluding hydrogens is 313 g/mol. The van der Waals surface area contributed by atoms with Crippen molar-refractivity contribution in [2.45, 2.75) is 37.8 Å². The van der Waals surface area contributed by atoms with Crippen LogP contribution in [0.2, 0.25) is 10.0 Å². The molecule has 21 heavy (non-hydrogen) atoms. The molecule has 0 radical (unpaired) electrons.